The lowest BCUT2D eigenvalue weighted by atomic mass is 10.3. The summed E-state index contributed by atoms with van der Waals surface area (Å²) in [6.07, 6.45) is 2.88. The van der Waals surface area contributed by atoms with Gasteiger partial charge in [-0.15, -0.1) is 0 Å². The van der Waals surface area contributed by atoms with Gasteiger partial charge in [-0.25, -0.2) is 8.42 Å². The molecule has 0 unspecified atom stereocenters. The molecule has 0 fully saturated rings. The molecule has 0 aromatic rings. The average Bonchev–Trinajstić information content (AvgIpc) is 2.16. The zero-order valence-electron chi connectivity index (χ0n) is 10.8. The van der Waals surface area contributed by atoms with Crippen molar-refractivity contribution in [2.45, 2.75) is 26.2 Å². The second-order valence-electron chi connectivity index (χ2n) is 4.41. The van der Waals surface area contributed by atoms with Gasteiger partial charge in [0, 0.05) is 19.6 Å². The van der Waals surface area contributed by atoms with Crippen molar-refractivity contribution in [3.63, 3.8) is 0 Å². The minimum Gasteiger partial charge on any atom is -0.314 e. The number of sulfone groups is 1. The van der Waals surface area contributed by atoms with E-state index in [1.807, 2.05) is 14.1 Å². The molecule has 0 spiro atoms. The van der Waals surface area contributed by atoms with E-state index >= 15 is 0 Å². The van der Waals surface area contributed by atoms with Crippen LogP contribution in [0.1, 0.15) is 26.2 Å². The maximum absolute atomic E-state index is 11.6. The standard InChI is InChI=1S/C11H26N2O2S/c1-4-5-6-10-16(14,15)11-8-12-7-9-13(2)3/h12H,4-11H2,1-3H3. The highest BCUT2D eigenvalue weighted by Gasteiger charge is 2.09. The van der Waals surface area contributed by atoms with Crippen molar-refractivity contribution < 1.29 is 8.42 Å². The highest BCUT2D eigenvalue weighted by Crippen LogP contribution is 1.99. The van der Waals surface area contributed by atoms with Crippen LogP contribution >= 0.6 is 0 Å². The van der Waals surface area contributed by atoms with Gasteiger partial charge in [0.1, 0.15) is 0 Å². The van der Waals surface area contributed by atoms with Crippen LogP contribution < -0.4 is 5.32 Å². The molecule has 0 aromatic carbocycles. The second-order valence-corrected chi connectivity index (χ2v) is 6.72. The molecular formula is C11H26N2O2S. The SMILES string of the molecule is CCCCCS(=O)(=O)CCNCCN(C)C. The Kier molecular flexibility index (Phi) is 8.89. The molecule has 5 heteroatoms. The first-order chi connectivity index (χ1) is 7.48. The molecule has 1 N–H and O–H groups in total. The molecule has 0 aliphatic carbocycles. The van der Waals surface area contributed by atoms with Gasteiger partial charge in [0.25, 0.3) is 0 Å². The third-order valence-electron chi connectivity index (χ3n) is 2.38. The molecule has 0 aliphatic rings. The summed E-state index contributed by atoms with van der Waals surface area (Å²) >= 11 is 0. The number of nitrogens with zero attached hydrogens (tertiary/aromatic N) is 1. The second kappa shape index (κ2) is 8.96. The molecule has 0 bridgehead atoms. The molecular weight excluding hydrogens is 224 g/mol. The van der Waals surface area contributed by atoms with Gasteiger partial charge in [-0.3, -0.25) is 0 Å². The Labute approximate surface area is 100 Å². The third-order valence-corrected chi connectivity index (χ3v) is 4.12. The number of likely N-dealkylation sites (N-methyl/N-ethyl adjacent to an activating group) is 1. The molecule has 4 nitrogen and oxygen atoms in total. The Bertz CT molecular complexity index is 251. The first-order valence-corrected chi connectivity index (χ1v) is 7.86. The fourth-order valence-corrected chi connectivity index (χ4v) is 2.63. The molecule has 16 heavy (non-hydrogen) atoms. The Balaban J connectivity index is 3.51. The van der Waals surface area contributed by atoms with Gasteiger partial charge in [-0.2, -0.15) is 0 Å². The average molecular weight is 250 g/mol. The van der Waals surface area contributed by atoms with Gasteiger partial charge in [-0.05, 0) is 20.5 Å². The quantitative estimate of drug-likeness (QED) is 0.581. The fourth-order valence-electron chi connectivity index (χ4n) is 1.33. The topological polar surface area (TPSA) is 49.4 Å². The molecule has 0 saturated heterocycles. The summed E-state index contributed by atoms with van der Waals surface area (Å²) in [6, 6.07) is 0. The zero-order valence-corrected chi connectivity index (χ0v) is 11.6. The molecule has 0 rings (SSSR count). The normalized spacial score (nSPS) is 12.2. The smallest absolute Gasteiger partial charge is 0.151 e. The Morgan fingerprint density at radius 1 is 1.06 bits per heavy atom. The van der Waals surface area contributed by atoms with E-state index in [0.717, 1.165) is 32.4 Å². The zero-order chi connectivity index (χ0) is 12.4. The van der Waals surface area contributed by atoms with Crippen molar-refractivity contribution >= 4 is 9.84 Å². The monoisotopic (exact) mass is 250 g/mol. The van der Waals surface area contributed by atoms with Crippen LogP contribution in [0, 0.1) is 0 Å². The summed E-state index contributed by atoms with van der Waals surface area (Å²) in [5, 5.41) is 3.14. The van der Waals surface area contributed by atoms with Crippen molar-refractivity contribution in [2.75, 3.05) is 45.2 Å². The summed E-state index contributed by atoms with van der Waals surface area (Å²) in [5.74, 6) is 0.611. The van der Waals surface area contributed by atoms with Crippen LogP contribution in [0.15, 0.2) is 0 Å². The van der Waals surface area contributed by atoms with Crippen molar-refractivity contribution in [1.82, 2.24) is 10.2 Å². The van der Waals surface area contributed by atoms with Crippen LogP contribution in [-0.4, -0.2) is 58.6 Å². The molecule has 0 aliphatic heterocycles. The predicted molar refractivity (Wildman–Crippen MR) is 69.6 cm³/mol. The van der Waals surface area contributed by atoms with Gasteiger partial charge >= 0.3 is 0 Å². The van der Waals surface area contributed by atoms with E-state index < -0.39 is 9.84 Å². The van der Waals surface area contributed by atoms with Crippen LogP contribution in [-0.2, 0) is 9.84 Å². The van der Waals surface area contributed by atoms with Gasteiger partial charge in [0.2, 0.25) is 0 Å². The molecule has 0 heterocycles. The molecule has 98 valence electrons. The number of rotatable bonds is 10. The van der Waals surface area contributed by atoms with Crippen LogP contribution in [0.3, 0.4) is 0 Å². The minimum absolute atomic E-state index is 0.268. The van der Waals surface area contributed by atoms with Crippen LogP contribution in [0.25, 0.3) is 0 Å². The number of hydrogen-bond donors (Lipinski definition) is 1. The molecule has 0 amide bonds. The first kappa shape index (κ1) is 15.9. The first-order valence-electron chi connectivity index (χ1n) is 6.04. The van der Waals surface area contributed by atoms with E-state index in [9.17, 15) is 8.42 Å². The van der Waals surface area contributed by atoms with E-state index in [4.69, 9.17) is 0 Å². The lowest BCUT2D eigenvalue weighted by molar-refractivity contribution is 0.402. The third kappa shape index (κ3) is 10.4. The van der Waals surface area contributed by atoms with Gasteiger partial charge < -0.3 is 10.2 Å². The summed E-state index contributed by atoms with van der Waals surface area (Å²) < 4.78 is 23.1. The molecule has 0 atom stereocenters. The van der Waals surface area contributed by atoms with Crippen molar-refractivity contribution in [2.24, 2.45) is 0 Å². The Morgan fingerprint density at radius 3 is 2.31 bits per heavy atom. The van der Waals surface area contributed by atoms with Gasteiger partial charge in [-0.1, -0.05) is 19.8 Å². The predicted octanol–water partition coefficient (Wildman–Crippen LogP) is 0.743. The lowest BCUT2D eigenvalue weighted by Gasteiger charge is -2.10. The largest absolute Gasteiger partial charge is 0.314 e. The molecule has 0 radical (unpaired) electrons. The van der Waals surface area contributed by atoms with E-state index in [1.54, 1.807) is 0 Å². The van der Waals surface area contributed by atoms with E-state index in [0.29, 0.717) is 12.3 Å². The van der Waals surface area contributed by atoms with Crippen LogP contribution in [0.5, 0.6) is 0 Å². The number of unbranched alkanes of at least 4 members (excludes halogenated alkanes) is 2. The maximum atomic E-state index is 11.6. The van der Waals surface area contributed by atoms with E-state index in [2.05, 4.69) is 17.1 Å². The van der Waals surface area contributed by atoms with Gasteiger partial charge in [0.15, 0.2) is 9.84 Å². The van der Waals surface area contributed by atoms with Crippen molar-refractivity contribution in [3.05, 3.63) is 0 Å². The van der Waals surface area contributed by atoms with Crippen LogP contribution in [0.2, 0.25) is 0 Å². The highest BCUT2D eigenvalue weighted by molar-refractivity contribution is 7.91. The highest BCUT2D eigenvalue weighted by atomic mass is 32.2. The fraction of sp³-hybridized carbons (Fsp3) is 1.00. The van der Waals surface area contributed by atoms with E-state index in [1.165, 1.54) is 0 Å². The Hall–Kier alpha value is -0.130. The van der Waals surface area contributed by atoms with E-state index in [-0.39, 0.29) is 5.75 Å². The summed E-state index contributed by atoms with van der Waals surface area (Å²) in [4.78, 5) is 2.07. The van der Waals surface area contributed by atoms with Crippen LogP contribution in [0.4, 0.5) is 0 Å². The maximum Gasteiger partial charge on any atom is 0.151 e. The van der Waals surface area contributed by atoms with Crippen molar-refractivity contribution in [1.29, 1.82) is 0 Å². The summed E-state index contributed by atoms with van der Waals surface area (Å²) in [5.41, 5.74) is 0. The number of hydrogen-bond acceptors (Lipinski definition) is 4. The molecule has 0 aromatic heterocycles. The summed E-state index contributed by atoms with van der Waals surface area (Å²) in [6.45, 7) is 4.44. The Morgan fingerprint density at radius 2 is 1.75 bits per heavy atom. The molecule has 0 saturated carbocycles. The minimum atomic E-state index is -2.83. The lowest BCUT2D eigenvalue weighted by Crippen LogP contribution is -2.30. The van der Waals surface area contributed by atoms with Crippen molar-refractivity contribution in [3.8, 4) is 0 Å². The summed E-state index contributed by atoms with van der Waals surface area (Å²) in [7, 11) is 1.18. The van der Waals surface area contributed by atoms with Gasteiger partial charge in [0.05, 0.1) is 11.5 Å². The number of nitrogens with one attached hydrogen (secondary N) is 1.